The predicted molar refractivity (Wildman–Crippen MR) is 84.7 cm³/mol. The fourth-order valence-electron chi connectivity index (χ4n) is 3.23. The van der Waals surface area contributed by atoms with E-state index in [0.29, 0.717) is 6.07 Å². The van der Waals surface area contributed by atoms with E-state index < -0.39 is 65.0 Å². The van der Waals surface area contributed by atoms with E-state index in [1.807, 2.05) is 0 Å². The van der Waals surface area contributed by atoms with Crippen LogP contribution in [0.25, 0.3) is 11.0 Å². The van der Waals surface area contributed by atoms with E-state index in [-0.39, 0.29) is 23.8 Å². The second kappa shape index (κ2) is 6.01. The average molecular weight is 371 g/mol. The minimum Gasteiger partial charge on any atom is -0.504 e. The zero-order valence-corrected chi connectivity index (χ0v) is 13.5. The van der Waals surface area contributed by atoms with Crippen LogP contribution in [0.3, 0.4) is 0 Å². The van der Waals surface area contributed by atoms with Gasteiger partial charge in [-0.15, -0.1) is 0 Å². The maximum absolute atomic E-state index is 13.5. The molecule has 26 heavy (non-hydrogen) atoms. The molecule has 0 unspecified atom stereocenters. The van der Waals surface area contributed by atoms with Crippen LogP contribution in [0.1, 0.15) is 41.8 Å². The standard InChI is InChI=1S/C17H16F3NO5/c18-8-5-9-12(23)10(7-16(25)1-3-17(19,20)4-2-16)14(15(21)24)26-13(9)11(22)6-8/h5-6,22,25H,1-4,7H2,(H2,21,24). The maximum Gasteiger partial charge on any atom is 0.284 e. The van der Waals surface area contributed by atoms with Gasteiger partial charge in [0.2, 0.25) is 5.92 Å². The Morgan fingerprint density at radius 3 is 2.42 bits per heavy atom. The van der Waals surface area contributed by atoms with Gasteiger partial charge in [0.05, 0.1) is 16.6 Å². The largest absolute Gasteiger partial charge is 0.504 e. The molecule has 1 saturated carbocycles. The topological polar surface area (TPSA) is 114 Å². The van der Waals surface area contributed by atoms with Crippen molar-refractivity contribution in [1.82, 2.24) is 0 Å². The zero-order chi connectivity index (χ0) is 19.3. The Balaban J connectivity index is 2.13. The van der Waals surface area contributed by atoms with Crippen molar-refractivity contribution in [1.29, 1.82) is 0 Å². The summed E-state index contributed by atoms with van der Waals surface area (Å²) in [6.07, 6.45) is -2.15. The van der Waals surface area contributed by atoms with Crippen LogP contribution in [0.2, 0.25) is 0 Å². The van der Waals surface area contributed by atoms with Gasteiger partial charge in [0, 0.05) is 25.3 Å². The lowest BCUT2D eigenvalue weighted by atomic mass is 9.78. The molecule has 0 saturated heterocycles. The molecule has 9 heteroatoms. The minimum absolute atomic E-state index is 0.288. The summed E-state index contributed by atoms with van der Waals surface area (Å²) in [4.78, 5) is 24.4. The van der Waals surface area contributed by atoms with Crippen LogP contribution in [0.5, 0.6) is 5.75 Å². The number of aliphatic hydroxyl groups is 1. The molecule has 1 fully saturated rings. The second-order valence-electron chi connectivity index (χ2n) is 6.66. The molecule has 1 heterocycles. The van der Waals surface area contributed by atoms with E-state index >= 15 is 0 Å². The molecule has 1 aromatic carbocycles. The number of carbonyl (C=O) groups is 1. The molecule has 6 nitrogen and oxygen atoms in total. The first-order valence-electron chi connectivity index (χ1n) is 7.90. The molecule has 0 atom stereocenters. The van der Waals surface area contributed by atoms with Gasteiger partial charge in [-0.3, -0.25) is 9.59 Å². The quantitative estimate of drug-likeness (QED) is 0.766. The first kappa shape index (κ1) is 18.2. The van der Waals surface area contributed by atoms with Crippen molar-refractivity contribution in [2.75, 3.05) is 0 Å². The fraction of sp³-hybridized carbons (Fsp3) is 0.412. The van der Waals surface area contributed by atoms with Crippen molar-refractivity contribution >= 4 is 16.9 Å². The third-order valence-corrected chi connectivity index (χ3v) is 4.67. The van der Waals surface area contributed by atoms with E-state index in [1.165, 1.54) is 0 Å². The third-order valence-electron chi connectivity index (χ3n) is 4.67. The minimum atomic E-state index is -2.90. The number of hydrogen-bond donors (Lipinski definition) is 3. The number of rotatable bonds is 3. The molecule has 1 amide bonds. The van der Waals surface area contributed by atoms with Gasteiger partial charge in [-0.1, -0.05) is 0 Å². The molecule has 0 bridgehead atoms. The molecular weight excluding hydrogens is 355 g/mol. The van der Waals surface area contributed by atoms with E-state index in [1.54, 1.807) is 0 Å². The third kappa shape index (κ3) is 3.26. The number of phenolic OH excluding ortho intramolecular Hbond substituents is 1. The molecule has 1 aromatic heterocycles. The Labute approximate surface area is 145 Å². The number of aromatic hydroxyl groups is 1. The Kier molecular flexibility index (Phi) is 4.22. The summed E-state index contributed by atoms with van der Waals surface area (Å²) in [7, 11) is 0. The van der Waals surface area contributed by atoms with Crippen LogP contribution in [0.15, 0.2) is 21.3 Å². The lowest BCUT2D eigenvalue weighted by molar-refractivity contribution is -0.103. The normalized spacial score (nSPS) is 18.8. The SMILES string of the molecule is NC(=O)c1oc2c(O)cc(F)cc2c(=O)c1CC1(O)CCC(F)(F)CC1. The number of primary amides is 1. The molecule has 1 aliphatic carbocycles. The molecule has 1 aliphatic rings. The van der Waals surface area contributed by atoms with Gasteiger partial charge in [0.25, 0.3) is 5.91 Å². The van der Waals surface area contributed by atoms with Gasteiger partial charge in [-0.05, 0) is 18.9 Å². The molecule has 0 radical (unpaired) electrons. The highest BCUT2D eigenvalue weighted by Crippen LogP contribution is 2.40. The number of carbonyl (C=O) groups excluding carboxylic acids is 1. The fourth-order valence-corrected chi connectivity index (χ4v) is 3.23. The number of phenols is 1. The van der Waals surface area contributed by atoms with Crippen LogP contribution in [-0.2, 0) is 6.42 Å². The van der Waals surface area contributed by atoms with Crippen molar-refractivity contribution in [3.05, 3.63) is 39.5 Å². The number of halogens is 3. The number of nitrogens with two attached hydrogens (primary N) is 1. The molecule has 4 N–H and O–H groups in total. The summed E-state index contributed by atoms with van der Waals surface area (Å²) in [6.45, 7) is 0. The highest BCUT2D eigenvalue weighted by molar-refractivity contribution is 5.94. The Morgan fingerprint density at radius 2 is 1.85 bits per heavy atom. The van der Waals surface area contributed by atoms with Crippen LogP contribution in [-0.4, -0.2) is 27.6 Å². The van der Waals surface area contributed by atoms with Crippen LogP contribution < -0.4 is 11.2 Å². The molecule has 2 aromatic rings. The summed E-state index contributed by atoms with van der Waals surface area (Å²) in [6, 6.07) is 1.51. The lowest BCUT2D eigenvalue weighted by Gasteiger charge is -2.36. The van der Waals surface area contributed by atoms with Gasteiger partial charge in [0.1, 0.15) is 5.82 Å². The first-order valence-corrected chi connectivity index (χ1v) is 7.90. The summed E-state index contributed by atoms with van der Waals surface area (Å²) in [5.41, 5.74) is 1.96. The number of benzene rings is 1. The maximum atomic E-state index is 13.5. The number of fused-ring (bicyclic) bond motifs is 1. The number of amides is 1. The van der Waals surface area contributed by atoms with Gasteiger partial charge >= 0.3 is 0 Å². The van der Waals surface area contributed by atoms with E-state index in [2.05, 4.69) is 0 Å². The summed E-state index contributed by atoms with van der Waals surface area (Å²) in [5, 5.41) is 20.0. The van der Waals surface area contributed by atoms with E-state index in [9.17, 15) is 33.0 Å². The molecule has 0 spiro atoms. The van der Waals surface area contributed by atoms with E-state index in [0.717, 1.165) is 6.07 Å². The molecule has 140 valence electrons. The van der Waals surface area contributed by atoms with Crippen LogP contribution in [0, 0.1) is 5.82 Å². The lowest BCUT2D eigenvalue weighted by Crippen LogP contribution is -2.42. The van der Waals surface area contributed by atoms with Crippen molar-refractivity contribution in [3.8, 4) is 5.75 Å². The monoisotopic (exact) mass is 371 g/mol. The number of alkyl halides is 2. The van der Waals surface area contributed by atoms with E-state index in [4.69, 9.17) is 10.2 Å². The number of hydrogen-bond acceptors (Lipinski definition) is 5. The van der Waals surface area contributed by atoms with Crippen molar-refractivity contribution < 1.29 is 32.6 Å². The summed E-state index contributed by atoms with van der Waals surface area (Å²) >= 11 is 0. The zero-order valence-electron chi connectivity index (χ0n) is 13.5. The Bertz CT molecular complexity index is 944. The van der Waals surface area contributed by atoms with Crippen molar-refractivity contribution in [2.45, 2.75) is 43.6 Å². The van der Waals surface area contributed by atoms with Gasteiger partial charge < -0.3 is 20.4 Å². The molecule has 0 aliphatic heterocycles. The first-order chi connectivity index (χ1) is 12.0. The molecule has 3 rings (SSSR count). The van der Waals surface area contributed by atoms with Gasteiger partial charge in [0.15, 0.2) is 22.5 Å². The molecular formula is C17H16F3NO5. The van der Waals surface area contributed by atoms with Crippen LogP contribution >= 0.6 is 0 Å². The second-order valence-corrected chi connectivity index (χ2v) is 6.66. The highest BCUT2D eigenvalue weighted by Gasteiger charge is 2.43. The van der Waals surface area contributed by atoms with Crippen LogP contribution in [0.4, 0.5) is 13.2 Å². The smallest absolute Gasteiger partial charge is 0.284 e. The Hall–Kier alpha value is -2.55. The van der Waals surface area contributed by atoms with Gasteiger partial charge in [-0.2, -0.15) is 0 Å². The average Bonchev–Trinajstić information content (AvgIpc) is 2.54. The Morgan fingerprint density at radius 1 is 1.23 bits per heavy atom. The van der Waals surface area contributed by atoms with Crippen molar-refractivity contribution in [2.24, 2.45) is 5.73 Å². The summed E-state index contributed by atoms with van der Waals surface area (Å²) in [5.74, 6) is -6.23. The van der Waals surface area contributed by atoms with Crippen molar-refractivity contribution in [3.63, 3.8) is 0 Å². The highest BCUT2D eigenvalue weighted by atomic mass is 19.3. The summed E-state index contributed by atoms with van der Waals surface area (Å²) < 4.78 is 45.4. The predicted octanol–water partition coefficient (Wildman–Crippen LogP) is 2.22. The van der Waals surface area contributed by atoms with Gasteiger partial charge in [-0.25, -0.2) is 13.2 Å².